The summed E-state index contributed by atoms with van der Waals surface area (Å²) in [5.41, 5.74) is 1.80. The van der Waals surface area contributed by atoms with Crippen LogP contribution in [0.4, 0.5) is 15.9 Å². The molecule has 2 N–H and O–H groups in total. The van der Waals surface area contributed by atoms with Gasteiger partial charge in [-0.15, -0.1) is 0 Å². The molecule has 2 aromatic heterocycles. The Labute approximate surface area is 200 Å². The Kier molecular flexibility index (Phi) is 5.97. The van der Waals surface area contributed by atoms with E-state index >= 15 is 0 Å². The number of hydrogen-bond donors (Lipinski definition) is 2. The van der Waals surface area contributed by atoms with E-state index in [0.717, 1.165) is 37.2 Å². The molecule has 0 saturated heterocycles. The molecule has 2 atom stereocenters. The van der Waals surface area contributed by atoms with Gasteiger partial charge in [0.1, 0.15) is 28.8 Å². The summed E-state index contributed by atoms with van der Waals surface area (Å²) >= 11 is 11.8. The van der Waals surface area contributed by atoms with Crippen molar-refractivity contribution in [2.45, 2.75) is 37.6 Å². The van der Waals surface area contributed by atoms with Crippen molar-refractivity contribution >= 4 is 40.6 Å². The highest BCUT2D eigenvalue weighted by atomic mass is 35.5. The van der Waals surface area contributed by atoms with Gasteiger partial charge in [-0.2, -0.15) is 0 Å². The van der Waals surface area contributed by atoms with Gasteiger partial charge in [-0.3, -0.25) is 4.79 Å². The van der Waals surface area contributed by atoms with Crippen molar-refractivity contribution < 1.29 is 9.18 Å². The van der Waals surface area contributed by atoms with Gasteiger partial charge in [-0.25, -0.2) is 19.3 Å². The summed E-state index contributed by atoms with van der Waals surface area (Å²) in [5, 5.41) is 6.69. The third-order valence-electron chi connectivity index (χ3n) is 6.75. The molecule has 2 fully saturated rings. The van der Waals surface area contributed by atoms with Crippen molar-refractivity contribution in [1.29, 1.82) is 0 Å². The predicted molar refractivity (Wildman–Crippen MR) is 125 cm³/mol. The number of nitrogens with one attached hydrogen (secondary N) is 2. The molecule has 2 aliphatic rings. The molecular formula is C23H23Cl2FN6O. The third kappa shape index (κ3) is 4.54. The van der Waals surface area contributed by atoms with E-state index in [1.807, 2.05) is 7.05 Å². The maximum absolute atomic E-state index is 13.4. The predicted octanol–water partition coefficient (Wildman–Crippen LogP) is 5.29. The van der Waals surface area contributed by atoms with Crippen LogP contribution in [0.15, 0.2) is 36.9 Å². The van der Waals surface area contributed by atoms with Crippen LogP contribution in [0.5, 0.6) is 0 Å². The first kappa shape index (κ1) is 22.1. The molecule has 1 aromatic carbocycles. The SMILES string of the molecule is Cn1cnc(C2CC3CC(Nc4cc(Cl)ncn4)CC3C2)c1C(=O)Nc1ccc(F)c(Cl)c1. The van der Waals surface area contributed by atoms with E-state index in [1.54, 1.807) is 17.0 Å². The zero-order valence-corrected chi connectivity index (χ0v) is 19.4. The van der Waals surface area contributed by atoms with Crippen molar-refractivity contribution in [3.8, 4) is 0 Å². The number of hydrogen-bond acceptors (Lipinski definition) is 5. The average molecular weight is 489 g/mol. The number of carbonyl (C=O) groups excluding carboxylic acids is 1. The summed E-state index contributed by atoms with van der Waals surface area (Å²) in [7, 11) is 1.81. The van der Waals surface area contributed by atoms with E-state index in [1.165, 1.54) is 24.5 Å². The fourth-order valence-corrected chi connectivity index (χ4v) is 5.69. The Hall–Kier alpha value is -2.71. The smallest absolute Gasteiger partial charge is 0.274 e. The van der Waals surface area contributed by atoms with Crippen LogP contribution in [0.25, 0.3) is 0 Å². The van der Waals surface area contributed by atoms with Gasteiger partial charge in [0.25, 0.3) is 5.91 Å². The largest absolute Gasteiger partial charge is 0.367 e. The van der Waals surface area contributed by atoms with Gasteiger partial charge >= 0.3 is 0 Å². The van der Waals surface area contributed by atoms with Crippen molar-refractivity contribution in [2.75, 3.05) is 10.6 Å². The number of carbonyl (C=O) groups is 1. The zero-order valence-electron chi connectivity index (χ0n) is 17.9. The second-order valence-electron chi connectivity index (χ2n) is 8.90. The molecule has 0 aliphatic heterocycles. The van der Waals surface area contributed by atoms with Crippen molar-refractivity contribution in [2.24, 2.45) is 18.9 Å². The van der Waals surface area contributed by atoms with E-state index in [0.29, 0.717) is 34.4 Å². The monoisotopic (exact) mass is 488 g/mol. The standard InChI is InChI=1S/C23H23Cl2FN6O/c1-32-11-29-21(22(32)23(33)31-15-2-3-18(26)17(24)8-15)14-4-12-6-16(7-13(12)5-14)30-20-9-19(25)27-10-28-20/h2-3,8-14,16H,4-7H2,1H3,(H,31,33)(H,27,28,30). The summed E-state index contributed by atoms with van der Waals surface area (Å²) in [6, 6.07) is 6.23. The molecule has 0 spiro atoms. The minimum Gasteiger partial charge on any atom is -0.367 e. The van der Waals surface area contributed by atoms with Crippen LogP contribution in [0, 0.1) is 17.7 Å². The van der Waals surface area contributed by atoms with Crippen molar-refractivity contribution in [3.63, 3.8) is 0 Å². The van der Waals surface area contributed by atoms with E-state index < -0.39 is 5.82 Å². The Morgan fingerprint density at radius 2 is 1.85 bits per heavy atom. The van der Waals surface area contributed by atoms with Gasteiger partial charge < -0.3 is 15.2 Å². The van der Waals surface area contributed by atoms with Crippen LogP contribution in [-0.2, 0) is 7.05 Å². The molecule has 33 heavy (non-hydrogen) atoms. The number of rotatable bonds is 5. The highest BCUT2D eigenvalue weighted by molar-refractivity contribution is 6.31. The van der Waals surface area contributed by atoms with Crippen LogP contribution in [-0.4, -0.2) is 31.5 Å². The Bertz CT molecular complexity index is 1190. The number of halogens is 3. The van der Waals surface area contributed by atoms with Crippen LogP contribution < -0.4 is 10.6 Å². The number of amides is 1. The van der Waals surface area contributed by atoms with Gasteiger partial charge in [-0.05, 0) is 55.7 Å². The molecule has 2 saturated carbocycles. The summed E-state index contributed by atoms with van der Waals surface area (Å²) in [6.45, 7) is 0. The summed E-state index contributed by atoms with van der Waals surface area (Å²) in [5.74, 6) is 1.32. The summed E-state index contributed by atoms with van der Waals surface area (Å²) in [4.78, 5) is 25.8. The van der Waals surface area contributed by atoms with E-state index in [9.17, 15) is 9.18 Å². The first-order valence-corrected chi connectivity index (χ1v) is 11.6. The maximum atomic E-state index is 13.4. The minimum atomic E-state index is -0.524. The topological polar surface area (TPSA) is 84.7 Å². The molecule has 3 aromatic rings. The molecule has 2 heterocycles. The fraction of sp³-hybridized carbons (Fsp3) is 0.391. The van der Waals surface area contributed by atoms with Gasteiger partial charge in [0.2, 0.25) is 0 Å². The molecular weight excluding hydrogens is 466 g/mol. The fourth-order valence-electron chi connectivity index (χ4n) is 5.37. The highest BCUT2D eigenvalue weighted by Gasteiger charge is 2.44. The molecule has 10 heteroatoms. The first-order chi connectivity index (χ1) is 15.9. The highest BCUT2D eigenvalue weighted by Crippen LogP contribution is 2.51. The van der Waals surface area contributed by atoms with Crippen LogP contribution in [0.3, 0.4) is 0 Å². The number of imidazole rings is 1. The lowest BCUT2D eigenvalue weighted by Crippen LogP contribution is -2.20. The third-order valence-corrected chi connectivity index (χ3v) is 7.24. The van der Waals surface area contributed by atoms with E-state index in [2.05, 4.69) is 25.6 Å². The molecule has 1 amide bonds. The molecule has 2 aliphatic carbocycles. The molecule has 172 valence electrons. The quantitative estimate of drug-likeness (QED) is 0.476. The van der Waals surface area contributed by atoms with E-state index in [4.69, 9.17) is 23.2 Å². The molecule has 7 nitrogen and oxygen atoms in total. The van der Waals surface area contributed by atoms with Crippen LogP contribution >= 0.6 is 23.2 Å². The van der Waals surface area contributed by atoms with Crippen LogP contribution in [0.1, 0.15) is 47.8 Å². The lowest BCUT2D eigenvalue weighted by Gasteiger charge is -2.17. The van der Waals surface area contributed by atoms with Gasteiger partial charge in [0.05, 0.1) is 17.0 Å². The Morgan fingerprint density at radius 3 is 2.55 bits per heavy atom. The summed E-state index contributed by atoms with van der Waals surface area (Å²) < 4.78 is 15.2. The number of benzene rings is 1. The normalized spacial score (nSPS) is 24.0. The lowest BCUT2D eigenvalue weighted by molar-refractivity contribution is 0.101. The second kappa shape index (κ2) is 8.91. The van der Waals surface area contributed by atoms with Crippen molar-refractivity contribution in [3.05, 3.63) is 64.3 Å². The van der Waals surface area contributed by atoms with E-state index in [-0.39, 0.29) is 16.8 Å². The van der Waals surface area contributed by atoms with Gasteiger partial charge in [0.15, 0.2) is 0 Å². The number of fused-ring (bicyclic) bond motifs is 1. The Morgan fingerprint density at radius 1 is 1.09 bits per heavy atom. The Balaban J connectivity index is 1.26. The number of anilines is 2. The van der Waals surface area contributed by atoms with Crippen LogP contribution in [0.2, 0.25) is 10.2 Å². The molecule has 0 radical (unpaired) electrons. The van der Waals surface area contributed by atoms with Crippen molar-refractivity contribution in [1.82, 2.24) is 19.5 Å². The maximum Gasteiger partial charge on any atom is 0.274 e. The molecule has 0 bridgehead atoms. The molecule has 2 unspecified atom stereocenters. The van der Waals surface area contributed by atoms with Gasteiger partial charge in [-0.1, -0.05) is 23.2 Å². The number of aromatic nitrogens is 4. The second-order valence-corrected chi connectivity index (χ2v) is 9.69. The summed E-state index contributed by atoms with van der Waals surface area (Å²) in [6.07, 6.45) is 7.22. The lowest BCUT2D eigenvalue weighted by atomic mass is 9.97. The average Bonchev–Trinajstić information content (AvgIpc) is 3.43. The number of aryl methyl sites for hydroxylation is 1. The number of nitrogens with zero attached hydrogens (tertiary/aromatic N) is 4. The zero-order chi connectivity index (χ0) is 23.1. The first-order valence-electron chi connectivity index (χ1n) is 10.9. The minimum absolute atomic E-state index is 0.0333. The molecule has 5 rings (SSSR count). The van der Waals surface area contributed by atoms with Gasteiger partial charge in [0, 0.05) is 30.8 Å².